The number of halogens is 2. The van der Waals surface area contributed by atoms with E-state index in [2.05, 4.69) is 4.74 Å². The second-order valence-electron chi connectivity index (χ2n) is 7.67. The van der Waals surface area contributed by atoms with Crippen LogP contribution in [0.3, 0.4) is 0 Å². The summed E-state index contributed by atoms with van der Waals surface area (Å²) in [5.74, 6) is 1.71. The van der Waals surface area contributed by atoms with E-state index in [4.69, 9.17) is 19.3 Å². The summed E-state index contributed by atoms with van der Waals surface area (Å²) in [5, 5.41) is 6.83. The van der Waals surface area contributed by atoms with Crippen LogP contribution < -0.4 is 18.9 Å². The molecular formula is C25H22F2N2O4. The molecule has 0 saturated carbocycles. The van der Waals surface area contributed by atoms with E-state index in [9.17, 15) is 8.78 Å². The summed E-state index contributed by atoms with van der Waals surface area (Å²) in [6.45, 7) is -2.94. The van der Waals surface area contributed by atoms with E-state index < -0.39 is 12.8 Å². The van der Waals surface area contributed by atoms with Crippen molar-refractivity contribution < 1.29 is 27.7 Å². The number of hydrogen-bond acceptors (Lipinski definition) is 6. The molecule has 3 aromatic carbocycles. The molecule has 0 N–H and O–H groups in total. The van der Waals surface area contributed by atoms with Crippen molar-refractivity contribution in [3.8, 4) is 23.0 Å². The highest BCUT2D eigenvalue weighted by atomic mass is 19.3. The fraction of sp³-hybridized carbons (Fsp3) is 0.240. The van der Waals surface area contributed by atoms with Gasteiger partial charge in [0.1, 0.15) is 11.5 Å². The Morgan fingerprint density at radius 2 is 1.76 bits per heavy atom. The van der Waals surface area contributed by atoms with Gasteiger partial charge in [-0.25, -0.2) is 5.01 Å². The molecule has 0 aromatic heterocycles. The molecule has 2 atom stereocenters. The van der Waals surface area contributed by atoms with Crippen LogP contribution in [0.5, 0.6) is 23.0 Å². The molecule has 3 aromatic rings. The topological polar surface area (TPSA) is 52.5 Å². The normalized spacial score (nSPS) is 18.8. The predicted octanol–water partition coefficient (Wildman–Crippen LogP) is 5.55. The number of para-hydroxylation sites is 1. The molecule has 0 aliphatic carbocycles. The number of ether oxygens (including phenoxy) is 4. The van der Waals surface area contributed by atoms with Gasteiger partial charge in [-0.3, -0.25) is 0 Å². The fourth-order valence-corrected chi connectivity index (χ4v) is 4.24. The summed E-state index contributed by atoms with van der Waals surface area (Å²) in [4.78, 5) is 0. The number of nitrogens with zero attached hydrogens (tertiary/aromatic N) is 2. The van der Waals surface area contributed by atoms with Gasteiger partial charge < -0.3 is 18.9 Å². The van der Waals surface area contributed by atoms with Crippen LogP contribution in [0.4, 0.5) is 8.78 Å². The van der Waals surface area contributed by atoms with Crippen LogP contribution >= 0.6 is 0 Å². The van der Waals surface area contributed by atoms with Crippen LogP contribution in [0.2, 0.25) is 0 Å². The Bertz CT molecular complexity index is 1180. The number of hydrogen-bond donors (Lipinski definition) is 0. The lowest BCUT2D eigenvalue weighted by Crippen LogP contribution is -2.33. The van der Waals surface area contributed by atoms with E-state index in [-0.39, 0.29) is 17.5 Å². The number of fused-ring (bicyclic) bond motifs is 3. The van der Waals surface area contributed by atoms with Crippen molar-refractivity contribution in [3.63, 3.8) is 0 Å². The van der Waals surface area contributed by atoms with Gasteiger partial charge in [0, 0.05) is 17.5 Å². The first-order valence-corrected chi connectivity index (χ1v) is 10.5. The minimum Gasteiger partial charge on any atom is -0.497 e. The average molecular weight is 452 g/mol. The first kappa shape index (κ1) is 21.1. The Hall–Kier alpha value is -3.81. The molecule has 2 aliphatic rings. The summed E-state index contributed by atoms with van der Waals surface area (Å²) in [6.07, 6.45) is 0.141. The van der Waals surface area contributed by atoms with Gasteiger partial charge in [-0.05, 0) is 54.1 Å². The van der Waals surface area contributed by atoms with Gasteiger partial charge in [-0.15, -0.1) is 0 Å². The number of alkyl halides is 2. The van der Waals surface area contributed by atoms with Gasteiger partial charge >= 0.3 is 6.61 Å². The zero-order valence-corrected chi connectivity index (χ0v) is 18.1. The Morgan fingerprint density at radius 3 is 2.48 bits per heavy atom. The zero-order valence-electron chi connectivity index (χ0n) is 18.1. The van der Waals surface area contributed by atoms with Crippen molar-refractivity contribution in [3.05, 3.63) is 83.4 Å². The van der Waals surface area contributed by atoms with Crippen molar-refractivity contribution in [1.29, 1.82) is 0 Å². The van der Waals surface area contributed by atoms with Crippen molar-refractivity contribution in [1.82, 2.24) is 5.01 Å². The molecule has 33 heavy (non-hydrogen) atoms. The molecule has 0 bridgehead atoms. The molecule has 8 heteroatoms. The van der Waals surface area contributed by atoms with E-state index in [1.54, 1.807) is 19.2 Å². The summed E-state index contributed by atoms with van der Waals surface area (Å²) in [6, 6.07) is 20.4. The molecule has 170 valence electrons. The van der Waals surface area contributed by atoms with Crippen LogP contribution in [-0.2, 0) is 0 Å². The minimum absolute atomic E-state index is 0.0277. The summed E-state index contributed by atoms with van der Waals surface area (Å²) in [7, 11) is 3.04. The number of rotatable bonds is 6. The van der Waals surface area contributed by atoms with Gasteiger partial charge in [-0.2, -0.15) is 13.9 Å². The maximum Gasteiger partial charge on any atom is 0.387 e. The van der Waals surface area contributed by atoms with Crippen molar-refractivity contribution in [2.75, 3.05) is 14.2 Å². The van der Waals surface area contributed by atoms with Crippen LogP contribution in [0.15, 0.2) is 71.8 Å². The second-order valence-corrected chi connectivity index (χ2v) is 7.67. The van der Waals surface area contributed by atoms with Crippen LogP contribution in [0.1, 0.15) is 35.4 Å². The number of benzene rings is 3. The Balaban J connectivity index is 1.54. The highest BCUT2D eigenvalue weighted by Gasteiger charge is 2.41. The molecule has 0 radical (unpaired) electrons. The SMILES string of the molecule is COc1ccc(C2=NN3[C@@H](C2)c2ccccc2O[C@H]3c2ccc(OC(F)F)c(OC)c2)cc1. The molecule has 5 rings (SSSR count). The van der Waals surface area contributed by atoms with Crippen molar-refractivity contribution in [2.24, 2.45) is 5.10 Å². The van der Waals surface area contributed by atoms with Crippen LogP contribution in [0, 0.1) is 0 Å². The van der Waals surface area contributed by atoms with E-state index in [0.29, 0.717) is 12.0 Å². The molecule has 6 nitrogen and oxygen atoms in total. The lowest BCUT2D eigenvalue weighted by atomic mass is 9.96. The van der Waals surface area contributed by atoms with Crippen molar-refractivity contribution >= 4 is 5.71 Å². The summed E-state index contributed by atoms with van der Waals surface area (Å²) >= 11 is 0. The predicted molar refractivity (Wildman–Crippen MR) is 118 cm³/mol. The molecule has 2 aliphatic heterocycles. The van der Waals surface area contributed by atoms with Crippen LogP contribution in [0.25, 0.3) is 0 Å². The van der Waals surface area contributed by atoms with Gasteiger partial charge in [0.05, 0.1) is 26.0 Å². The molecule has 0 unspecified atom stereocenters. The third-order valence-electron chi connectivity index (χ3n) is 5.81. The lowest BCUT2D eigenvalue weighted by molar-refractivity contribution is -0.0514. The zero-order chi connectivity index (χ0) is 22.9. The quantitative estimate of drug-likeness (QED) is 0.491. The maximum absolute atomic E-state index is 12.7. The van der Waals surface area contributed by atoms with E-state index in [0.717, 1.165) is 28.3 Å². The fourth-order valence-electron chi connectivity index (χ4n) is 4.24. The molecule has 0 saturated heterocycles. The third kappa shape index (κ3) is 3.92. The number of hydrazone groups is 1. The minimum atomic E-state index is -2.94. The number of methoxy groups -OCH3 is 2. The standard InChI is InChI=1S/C25H22F2N2O4/c1-30-17-10-7-15(8-11-17)19-14-20-18-5-3-4-6-21(18)32-24(29(20)28-19)16-9-12-22(33-25(26)27)23(13-16)31-2/h3-13,20,24-25H,14H2,1-2H3/t20-,24-/m0/s1. The molecule has 2 heterocycles. The summed E-state index contributed by atoms with van der Waals surface area (Å²) in [5.41, 5.74) is 3.69. The molecule has 0 fully saturated rings. The van der Waals surface area contributed by atoms with Gasteiger partial charge in [0.25, 0.3) is 0 Å². The molecule has 0 spiro atoms. The second kappa shape index (κ2) is 8.61. The lowest BCUT2D eigenvalue weighted by Gasteiger charge is -2.38. The van der Waals surface area contributed by atoms with E-state index in [1.165, 1.54) is 13.2 Å². The Morgan fingerprint density at radius 1 is 0.970 bits per heavy atom. The molecule has 0 amide bonds. The van der Waals surface area contributed by atoms with Crippen molar-refractivity contribution in [2.45, 2.75) is 25.3 Å². The van der Waals surface area contributed by atoms with E-state index >= 15 is 0 Å². The first-order chi connectivity index (χ1) is 16.1. The highest BCUT2D eigenvalue weighted by Crippen LogP contribution is 2.48. The third-order valence-corrected chi connectivity index (χ3v) is 5.81. The van der Waals surface area contributed by atoms with Crippen LogP contribution in [-0.4, -0.2) is 31.6 Å². The van der Waals surface area contributed by atoms with Gasteiger partial charge in [-0.1, -0.05) is 18.2 Å². The Labute approximate surface area is 189 Å². The maximum atomic E-state index is 12.7. The average Bonchev–Trinajstić information content (AvgIpc) is 3.29. The largest absolute Gasteiger partial charge is 0.497 e. The van der Waals surface area contributed by atoms with E-state index in [1.807, 2.05) is 53.5 Å². The summed E-state index contributed by atoms with van der Waals surface area (Å²) < 4.78 is 46.9. The van der Waals surface area contributed by atoms with Gasteiger partial charge in [0.2, 0.25) is 6.23 Å². The van der Waals surface area contributed by atoms with Gasteiger partial charge in [0.15, 0.2) is 11.5 Å². The molecular weight excluding hydrogens is 430 g/mol. The smallest absolute Gasteiger partial charge is 0.387 e. The first-order valence-electron chi connectivity index (χ1n) is 10.5. The monoisotopic (exact) mass is 452 g/mol. The highest BCUT2D eigenvalue weighted by molar-refractivity contribution is 6.02. The Kier molecular flexibility index (Phi) is 5.50.